The summed E-state index contributed by atoms with van der Waals surface area (Å²) in [7, 11) is 0. The molecule has 4 atom stereocenters. The van der Waals surface area contributed by atoms with Gasteiger partial charge >= 0.3 is 5.97 Å². The third-order valence-corrected chi connectivity index (χ3v) is 4.58. The number of hydrogen-bond donors (Lipinski definition) is 8. The van der Waals surface area contributed by atoms with Crippen molar-refractivity contribution in [2.75, 3.05) is 12.4 Å². The van der Waals surface area contributed by atoms with Crippen LogP contribution in [0.25, 0.3) is 0 Å². The van der Waals surface area contributed by atoms with Crippen molar-refractivity contribution in [2.24, 2.45) is 11.7 Å². The van der Waals surface area contributed by atoms with Crippen LogP contribution in [-0.2, 0) is 25.6 Å². The maximum atomic E-state index is 12.9. The molecule has 0 bridgehead atoms. The second kappa shape index (κ2) is 12.1. The lowest BCUT2D eigenvalue weighted by Crippen LogP contribution is -2.59. The first-order valence-corrected chi connectivity index (χ1v) is 9.82. The number of aromatic amines is 1. The van der Waals surface area contributed by atoms with Crippen LogP contribution >= 0.6 is 12.6 Å². The molecule has 30 heavy (non-hydrogen) atoms. The Morgan fingerprint density at radius 1 is 1.13 bits per heavy atom. The normalized spacial score (nSPS) is 15.0. The third kappa shape index (κ3) is 7.65. The van der Waals surface area contributed by atoms with E-state index in [4.69, 9.17) is 15.9 Å². The van der Waals surface area contributed by atoms with Crippen LogP contribution in [0.15, 0.2) is 12.5 Å². The number of aromatic nitrogens is 2. The first-order valence-electron chi connectivity index (χ1n) is 9.19. The molecule has 13 heteroatoms. The fraction of sp³-hybridized carbons (Fsp3) is 0.588. The van der Waals surface area contributed by atoms with Crippen LogP contribution < -0.4 is 21.7 Å². The van der Waals surface area contributed by atoms with E-state index in [1.54, 1.807) is 13.8 Å². The van der Waals surface area contributed by atoms with Crippen molar-refractivity contribution in [2.45, 2.75) is 44.4 Å². The Bertz CT molecular complexity index is 728. The van der Waals surface area contributed by atoms with Crippen molar-refractivity contribution in [3.63, 3.8) is 0 Å². The molecule has 1 heterocycles. The molecule has 1 rings (SSSR count). The molecule has 0 radical (unpaired) electrons. The molecule has 0 fully saturated rings. The highest BCUT2D eigenvalue weighted by atomic mass is 32.1. The molecule has 0 aromatic carbocycles. The molecule has 0 aliphatic carbocycles. The number of nitrogens with two attached hydrogens (primary N) is 1. The van der Waals surface area contributed by atoms with Gasteiger partial charge in [0.2, 0.25) is 17.7 Å². The zero-order valence-electron chi connectivity index (χ0n) is 16.7. The fourth-order valence-corrected chi connectivity index (χ4v) is 2.59. The summed E-state index contributed by atoms with van der Waals surface area (Å²) in [5, 5.41) is 25.3. The standard InChI is InChI=1S/C17H28N6O6S/c1-8(2)13(16(27)22-12(5-24)17(28)29)23-15(26)11(3-9-4-19-7-20-9)21-14(25)10(18)6-30/h4,7-8,10-13,24,30H,3,5-6,18H2,1-2H3,(H,19,20)(H,21,25)(H,22,27)(H,23,26)(H,28,29). The van der Waals surface area contributed by atoms with Crippen molar-refractivity contribution in [1.29, 1.82) is 0 Å². The second-order valence-electron chi connectivity index (χ2n) is 6.94. The average Bonchev–Trinajstić information content (AvgIpc) is 3.21. The zero-order valence-corrected chi connectivity index (χ0v) is 17.6. The first-order chi connectivity index (χ1) is 14.1. The number of carbonyl (C=O) groups is 4. The van der Waals surface area contributed by atoms with E-state index in [-0.39, 0.29) is 12.2 Å². The molecule has 0 saturated heterocycles. The lowest BCUT2D eigenvalue weighted by molar-refractivity contribution is -0.143. The van der Waals surface area contributed by atoms with Crippen LogP contribution in [0.1, 0.15) is 19.5 Å². The second-order valence-corrected chi connectivity index (χ2v) is 7.31. The van der Waals surface area contributed by atoms with Crippen LogP contribution in [0, 0.1) is 5.92 Å². The summed E-state index contributed by atoms with van der Waals surface area (Å²) in [4.78, 5) is 55.2. The predicted octanol–water partition coefficient (Wildman–Crippen LogP) is -2.60. The van der Waals surface area contributed by atoms with Gasteiger partial charge < -0.3 is 36.9 Å². The molecule has 8 N–H and O–H groups in total. The molecule has 0 saturated carbocycles. The lowest BCUT2D eigenvalue weighted by atomic mass is 10.0. The lowest BCUT2D eigenvalue weighted by Gasteiger charge is -2.26. The van der Waals surface area contributed by atoms with Crippen molar-refractivity contribution >= 4 is 36.3 Å². The van der Waals surface area contributed by atoms with Gasteiger partial charge in [-0.2, -0.15) is 12.6 Å². The van der Waals surface area contributed by atoms with Gasteiger partial charge in [0.25, 0.3) is 0 Å². The molecule has 12 nitrogen and oxygen atoms in total. The Kier molecular flexibility index (Phi) is 10.3. The Hall–Kier alpha value is -2.64. The summed E-state index contributed by atoms with van der Waals surface area (Å²) in [5.41, 5.74) is 6.21. The minimum Gasteiger partial charge on any atom is -0.480 e. The summed E-state index contributed by atoms with van der Waals surface area (Å²) in [5.74, 6) is -3.80. The van der Waals surface area contributed by atoms with Gasteiger partial charge in [-0.25, -0.2) is 9.78 Å². The fourth-order valence-electron chi connectivity index (χ4n) is 2.42. The van der Waals surface area contributed by atoms with Crippen molar-refractivity contribution in [1.82, 2.24) is 25.9 Å². The number of imidazole rings is 1. The minimum atomic E-state index is -1.51. The van der Waals surface area contributed by atoms with Gasteiger partial charge in [-0.05, 0) is 5.92 Å². The van der Waals surface area contributed by atoms with Crippen molar-refractivity contribution in [3.05, 3.63) is 18.2 Å². The van der Waals surface area contributed by atoms with Crippen molar-refractivity contribution < 1.29 is 29.4 Å². The number of amides is 3. The van der Waals surface area contributed by atoms with E-state index >= 15 is 0 Å². The monoisotopic (exact) mass is 444 g/mol. The molecule has 1 aromatic heterocycles. The molecular formula is C17H28N6O6S. The van der Waals surface area contributed by atoms with Gasteiger partial charge in [0, 0.05) is 24.1 Å². The summed E-state index contributed by atoms with van der Waals surface area (Å²) in [6.07, 6.45) is 2.95. The van der Waals surface area contributed by atoms with E-state index < -0.39 is 60.4 Å². The number of nitrogens with zero attached hydrogens (tertiary/aromatic N) is 1. The molecule has 4 unspecified atom stereocenters. The number of thiol groups is 1. The largest absolute Gasteiger partial charge is 0.480 e. The van der Waals surface area contributed by atoms with Crippen molar-refractivity contribution in [3.8, 4) is 0 Å². The van der Waals surface area contributed by atoms with E-state index in [2.05, 4.69) is 38.5 Å². The topological polar surface area (TPSA) is 200 Å². The SMILES string of the molecule is CC(C)C(NC(=O)C(Cc1cnc[nH]1)NC(=O)C(N)CS)C(=O)NC(CO)C(=O)O. The maximum Gasteiger partial charge on any atom is 0.328 e. The molecule has 3 amide bonds. The summed E-state index contributed by atoms with van der Waals surface area (Å²) >= 11 is 3.96. The molecule has 168 valence electrons. The van der Waals surface area contributed by atoms with Gasteiger partial charge in [-0.1, -0.05) is 13.8 Å². The van der Waals surface area contributed by atoms with Crippen LogP contribution in [0.4, 0.5) is 0 Å². The number of hydrogen-bond acceptors (Lipinski definition) is 8. The number of carboxylic acids is 1. The Morgan fingerprint density at radius 3 is 2.23 bits per heavy atom. The van der Waals surface area contributed by atoms with Crippen LogP contribution in [0.5, 0.6) is 0 Å². The number of aliphatic carboxylic acids is 1. The van der Waals surface area contributed by atoms with Gasteiger partial charge in [0.05, 0.1) is 19.0 Å². The molecule has 0 aliphatic rings. The average molecular weight is 445 g/mol. The van der Waals surface area contributed by atoms with E-state index in [9.17, 15) is 19.2 Å². The van der Waals surface area contributed by atoms with Gasteiger partial charge in [-0.15, -0.1) is 0 Å². The summed E-state index contributed by atoms with van der Waals surface area (Å²) in [6.45, 7) is 2.50. The van der Waals surface area contributed by atoms with Crippen LogP contribution in [0.3, 0.4) is 0 Å². The maximum absolute atomic E-state index is 12.9. The van der Waals surface area contributed by atoms with E-state index in [1.807, 2.05) is 0 Å². The number of aliphatic hydroxyl groups excluding tert-OH is 1. The summed E-state index contributed by atoms with van der Waals surface area (Å²) in [6, 6.07) is -4.63. The highest BCUT2D eigenvalue weighted by molar-refractivity contribution is 7.80. The smallest absolute Gasteiger partial charge is 0.328 e. The van der Waals surface area contributed by atoms with E-state index in [1.165, 1.54) is 12.5 Å². The number of carbonyl (C=O) groups excluding carboxylic acids is 3. The highest BCUT2D eigenvalue weighted by Gasteiger charge is 2.31. The Labute approximate surface area is 178 Å². The number of rotatable bonds is 12. The molecule has 0 aliphatic heterocycles. The summed E-state index contributed by atoms with van der Waals surface area (Å²) < 4.78 is 0. The molecular weight excluding hydrogens is 416 g/mol. The third-order valence-electron chi connectivity index (χ3n) is 4.19. The van der Waals surface area contributed by atoms with Gasteiger partial charge in [0.1, 0.15) is 18.1 Å². The predicted molar refractivity (Wildman–Crippen MR) is 109 cm³/mol. The van der Waals surface area contributed by atoms with Gasteiger partial charge in [0.15, 0.2) is 0 Å². The van der Waals surface area contributed by atoms with Crippen LogP contribution in [-0.4, -0.2) is 80.4 Å². The van der Waals surface area contributed by atoms with Gasteiger partial charge in [-0.3, -0.25) is 14.4 Å². The van der Waals surface area contributed by atoms with Crippen LogP contribution in [0.2, 0.25) is 0 Å². The zero-order chi connectivity index (χ0) is 22.8. The number of H-pyrrole nitrogens is 1. The highest BCUT2D eigenvalue weighted by Crippen LogP contribution is 2.06. The Morgan fingerprint density at radius 2 is 1.77 bits per heavy atom. The van der Waals surface area contributed by atoms with E-state index in [0.29, 0.717) is 5.69 Å². The first kappa shape index (κ1) is 25.4. The number of nitrogens with one attached hydrogen (secondary N) is 4. The quantitative estimate of drug-likeness (QED) is 0.160. The van der Waals surface area contributed by atoms with E-state index in [0.717, 1.165) is 0 Å². The molecule has 1 aromatic rings. The minimum absolute atomic E-state index is 0.0533. The Balaban J connectivity index is 2.97. The molecule has 0 spiro atoms. The number of carboxylic acid groups (broad SMARTS) is 1. The number of aliphatic hydroxyl groups is 1.